The molecule has 0 aliphatic carbocycles. The van der Waals surface area contributed by atoms with Gasteiger partial charge in [0.05, 0.1) is 5.56 Å². The predicted molar refractivity (Wildman–Crippen MR) is 64.9 cm³/mol. The summed E-state index contributed by atoms with van der Waals surface area (Å²) >= 11 is 5.81. The van der Waals surface area contributed by atoms with Gasteiger partial charge in [-0.3, -0.25) is 0 Å². The first-order valence-electron chi connectivity index (χ1n) is 5.85. The van der Waals surface area contributed by atoms with Gasteiger partial charge in [0.2, 0.25) is 0 Å². The lowest BCUT2D eigenvalue weighted by Crippen LogP contribution is -2.36. The highest BCUT2D eigenvalue weighted by Gasteiger charge is 2.31. The summed E-state index contributed by atoms with van der Waals surface area (Å²) in [4.78, 5) is 5.91. The smallest absolute Gasteiger partial charge is 0.356 e. The van der Waals surface area contributed by atoms with Crippen LogP contribution in [0, 0.1) is 5.92 Å². The Morgan fingerprint density at radius 3 is 2.89 bits per heavy atom. The van der Waals surface area contributed by atoms with E-state index in [1.165, 1.54) is 6.20 Å². The third-order valence-corrected chi connectivity index (χ3v) is 3.57. The molecule has 1 aliphatic rings. The molecule has 0 aromatic carbocycles. The lowest BCUT2D eigenvalue weighted by atomic mass is 10.00. The lowest BCUT2D eigenvalue weighted by Gasteiger charge is -2.32. The van der Waals surface area contributed by atoms with Crippen molar-refractivity contribution in [3.05, 3.63) is 23.9 Å². The van der Waals surface area contributed by atoms with Gasteiger partial charge in [-0.1, -0.05) is 0 Å². The van der Waals surface area contributed by atoms with Crippen molar-refractivity contribution >= 4 is 17.4 Å². The highest BCUT2D eigenvalue weighted by molar-refractivity contribution is 6.18. The molecule has 0 saturated carbocycles. The van der Waals surface area contributed by atoms with E-state index in [2.05, 4.69) is 4.98 Å². The quantitative estimate of drug-likeness (QED) is 0.769. The number of hydrogen-bond acceptors (Lipinski definition) is 2. The maximum atomic E-state index is 12.6. The highest BCUT2D eigenvalue weighted by Crippen LogP contribution is 2.31. The molecule has 100 valence electrons. The van der Waals surface area contributed by atoms with Crippen LogP contribution in [0.3, 0.4) is 0 Å². The molecule has 2 rings (SSSR count). The Kier molecular flexibility index (Phi) is 4.00. The summed E-state index contributed by atoms with van der Waals surface area (Å²) in [6, 6.07) is 2.10. The lowest BCUT2D eigenvalue weighted by molar-refractivity contribution is -0.137. The topological polar surface area (TPSA) is 16.1 Å². The van der Waals surface area contributed by atoms with Gasteiger partial charge in [0.1, 0.15) is 5.82 Å². The molecule has 0 N–H and O–H groups in total. The molecule has 0 spiro atoms. The molecule has 1 atom stereocenters. The van der Waals surface area contributed by atoms with Crippen LogP contribution in [0.4, 0.5) is 19.0 Å². The van der Waals surface area contributed by atoms with Crippen LogP contribution < -0.4 is 4.90 Å². The maximum absolute atomic E-state index is 12.6. The molecule has 1 aromatic heterocycles. The van der Waals surface area contributed by atoms with Gasteiger partial charge in [0, 0.05) is 25.2 Å². The molecule has 1 aliphatic heterocycles. The minimum absolute atomic E-state index is 0.330. The summed E-state index contributed by atoms with van der Waals surface area (Å²) in [5.74, 6) is 1.26. The molecule has 0 amide bonds. The zero-order valence-electron chi connectivity index (χ0n) is 9.75. The minimum Gasteiger partial charge on any atom is -0.356 e. The summed E-state index contributed by atoms with van der Waals surface area (Å²) in [7, 11) is 0. The minimum atomic E-state index is -4.32. The number of pyridine rings is 1. The second-order valence-electron chi connectivity index (χ2n) is 4.51. The molecule has 2 nitrogen and oxygen atoms in total. The van der Waals surface area contributed by atoms with Crippen LogP contribution in [-0.4, -0.2) is 24.0 Å². The highest BCUT2D eigenvalue weighted by atomic mass is 35.5. The van der Waals surface area contributed by atoms with E-state index in [0.29, 0.717) is 24.2 Å². The van der Waals surface area contributed by atoms with Crippen molar-refractivity contribution < 1.29 is 13.2 Å². The molecule has 2 heterocycles. The number of hydrogen-bond donors (Lipinski definition) is 0. The van der Waals surface area contributed by atoms with Gasteiger partial charge >= 0.3 is 6.18 Å². The standard InChI is InChI=1S/C12H14ClF3N2/c13-7-9-2-1-5-18(8-9)11-6-10(3-4-17-11)12(14,15)16/h3-4,6,9H,1-2,5,7-8H2. The number of aromatic nitrogens is 1. The van der Waals surface area contributed by atoms with Crippen molar-refractivity contribution in [1.82, 2.24) is 4.98 Å². The fourth-order valence-corrected chi connectivity index (χ4v) is 2.42. The SMILES string of the molecule is FC(F)(F)c1ccnc(N2CCCC(CCl)C2)c1. The van der Waals surface area contributed by atoms with Crippen LogP contribution in [-0.2, 0) is 6.18 Å². The Morgan fingerprint density at radius 1 is 1.44 bits per heavy atom. The molecule has 1 fully saturated rings. The summed E-state index contributed by atoms with van der Waals surface area (Å²) in [5, 5.41) is 0. The van der Waals surface area contributed by atoms with Crippen molar-refractivity contribution in [2.45, 2.75) is 19.0 Å². The van der Waals surface area contributed by atoms with E-state index >= 15 is 0 Å². The Bertz CT molecular complexity index is 409. The van der Waals surface area contributed by atoms with Crippen LogP contribution in [0.25, 0.3) is 0 Å². The number of alkyl halides is 4. The van der Waals surface area contributed by atoms with Gasteiger partial charge in [0.15, 0.2) is 0 Å². The monoisotopic (exact) mass is 278 g/mol. The van der Waals surface area contributed by atoms with Crippen molar-refractivity contribution in [1.29, 1.82) is 0 Å². The van der Waals surface area contributed by atoms with Crippen molar-refractivity contribution in [3.8, 4) is 0 Å². The number of anilines is 1. The van der Waals surface area contributed by atoms with E-state index < -0.39 is 11.7 Å². The molecule has 0 bridgehead atoms. The average Bonchev–Trinajstić information content (AvgIpc) is 2.38. The first-order chi connectivity index (χ1) is 8.50. The Hall–Kier alpha value is -0.970. The number of halogens is 4. The largest absolute Gasteiger partial charge is 0.416 e. The van der Waals surface area contributed by atoms with Crippen LogP contribution in [0.5, 0.6) is 0 Å². The Morgan fingerprint density at radius 2 is 2.22 bits per heavy atom. The third-order valence-electron chi connectivity index (χ3n) is 3.13. The van der Waals surface area contributed by atoms with Crippen molar-refractivity contribution in [3.63, 3.8) is 0 Å². The summed E-state index contributed by atoms with van der Waals surface area (Å²) in [5.41, 5.74) is -0.652. The van der Waals surface area contributed by atoms with Crippen LogP contribution >= 0.6 is 11.6 Å². The zero-order valence-corrected chi connectivity index (χ0v) is 10.5. The van der Waals surface area contributed by atoms with E-state index in [4.69, 9.17) is 11.6 Å². The van der Waals surface area contributed by atoms with E-state index in [1.54, 1.807) is 0 Å². The molecular formula is C12H14ClF3N2. The normalized spacial score (nSPS) is 21.1. The molecule has 1 saturated heterocycles. The summed E-state index contributed by atoms with van der Waals surface area (Å²) < 4.78 is 37.8. The summed E-state index contributed by atoms with van der Waals surface area (Å²) in [6.45, 7) is 1.42. The first-order valence-corrected chi connectivity index (χ1v) is 6.38. The number of piperidine rings is 1. The predicted octanol–water partition coefficient (Wildman–Crippen LogP) is 3.56. The summed E-state index contributed by atoms with van der Waals surface area (Å²) in [6.07, 6.45) is -1.14. The van der Waals surface area contributed by atoms with Crippen molar-refractivity contribution in [2.75, 3.05) is 23.9 Å². The van der Waals surface area contributed by atoms with Crippen LogP contribution in [0.2, 0.25) is 0 Å². The van der Waals surface area contributed by atoms with Gasteiger partial charge in [-0.15, -0.1) is 11.6 Å². The first kappa shape index (κ1) is 13.5. The van der Waals surface area contributed by atoms with E-state index in [9.17, 15) is 13.2 Å². The molecule has 18 heavy (non-hydrogen) atoms. The third kappa shape index (κ3) is 3.07. The maximum Gasteiger partial charge on any atom is 0.416 e. The van der Waals surface area contributed by atoms with Crippen molar-refractivity contribution in [2.24, 2.45) is 5.92 Å². The number of rotatable bonds is 2. The average molecular weight is 279 g/mol. The van der Waals surface area contributed by atoms with Gasteiger partial charge in [-0.25, -0.2) is 4.98 Å². The van der Waals surface area contributed by atoms with Gasteiger partial charge in [0.25, 0.3) is 0 Å². The molecule has 1 unspecified atom stereocenters. The van der Waals surface area contributed by atoms with Gasteiger partial charge < -0.3 is 4.90 Å². The molecule has 0 radical (unpaired) electrons. The molecular weight excluding hydrogens is 265 g/mol. The van der Waals surface area contributed by atoms with Crippen LogP contribution in [0.1, 0.15) is 18.4 Å². The van der Waals surface area contributed by atoms with Gasteiger partial charge in [-0.05, 0) is 30.9 Å². The van der Waals surface area contributed by atoms with Gasteiger partial charge in [-0.2, -0.15) is 13.2 Å². The molecule has 6 heteroatoms. The van der Waals surface area contributed by atoms with E-state index in [1.807, 2.05) is 4.90 Å². The second-order valence-corrected chi connectivity index (χ2v) is 4.82. The zero-order chi connectivity index (χ0) is 13.2. The molecule has 1 aromatic rings. The Balaban J connectivity index is 2.18. The van der Waals surface area contributed by atoms with E-state index in [-0.39, 0.29) is 0 Å². The second kappa shape index (κ2) is 5.34. The fourth-order valence-electron chi connectivity index (χ4n) is 2.17. The van der Waals surface area contributed by atoms with E-state index in [0.717, 1.165) is 31.5 Å². The van der Waals surface area contributed by atoms with Crippen LogP contribution in [0.15, 0.2) is 18.3 Å². The number of nitrogens with zero attached hydrogens (tertiary/aromatic N) is 2. The Labute approximate surface area is 109 Å². The fraction of sp³-hybridized carbons (Fsp3) is 0.583.